The zero-order valence-corrected chi connectivity index (χ0v) is 12.2. The molecule has 0 aromatic carbocycles. The van der Waals surface area contributed by atoms with E-state index in [1.165, 1.54) is 18.7 Å². The lowest BCUT2D eigenvalue weighted by Crippen LogP contribution is -2.48. The number of hydrogen-bond donors (Lipinski definition) is 3. The molecule has 1 heterocycles. The van der Waals surface area contributed by atoms with Gasteiger partial charge >= 0.3 is 12.0 Å². The Labute approximate surface area is 122 Å². The van der Waals surface area contributed by atoms with E-state index in [4.69, 9.17) is 10.8 Å². The molecule has 0 unspecified atom stereocenters. The fourth-order valence-electron chi connectivity index (χ4n) is 2.09. The van der Waals surface area contributed by atoms with E-state index in [2.05, 4.69) is 5.32 Å². The summed E-state index contributed by atoms with van der Waals surface area (Å²) in [4.78, 5) is 46.9. The summed E-state index contributed by atoms with van der Waals surface area (Å²) < 4.78 is 0. The molecule has 1 rings (SSSR count). The molecule has 1 saturated heterocycles. The van der Waals surface area contributed by atoms with E-state index in [9.17, 15) is 19.2 Å². The van der Waals surface area contributed by atoms with Crippen LogP contribution in [0.5, 0.6) is 0 Å². The topological polar surface area (TPSA) is 130 Å². The number of likely N-dealkylation sites (tertiary alicyclic amines) is 1. The number of carboxylic acids is 1. The quantitative estimate of drug-likeness (QED) is 0.668. The number of carbonyl (C=O) groups excluding carboxylic acids is 3. The number of primary amides is 1. The Hall–Kier alpha value is -2.12. The van der Waals surface area contributed by atoms with Crippen molar-refractivity contribution in [1.29, 1.82) is 0 Å². The number of imide groups is 1. The minimum absolute atomic E-state index is 0.240. The Balaban J connectivity index is 2.46. The minimum atomic E-state index is -1.23. The largest absolute Gasteiger partial charge is 0.481 e. The highest BCUT2D eigenvalue weighted by Crippen LogP contribution is 2.20. The smallest absolute Gasteiger partial charge is 0.324 e. The first kappa shape index (κ1) is 16.9. The van der Waals surface area contributed by atoms with Gasteiger partial charge in [-0.05, 0) is 26.7 Å². The summed E-state index contributed by atoms with van der Waals surface area (Å²) in [5.41, 5.74) is 3.97. The number of nitrogens with one attached hydrogen (secondary N) is 1. The minimum Gasteiger partial charge on any atom is -0.481 e. The molecule has 0 saturated carbocycles. The lowest BCUT2D eigenvalue weighted by atomic mass is 9.89. The molecule has 0 atom stereocenters. The van der Waals surface area contributed by atoms with Gasteiger partial charge in [0.2, 0.25) is 11.8 Å². The lowest BCUT2D eigenvalue weighted by Gasteiger charge is -2.30. The Kier molecular flexibility index (Phi) is 5.28. The average molecular weight is 299 g/mol. The van der Waals surface area contributed by atoms with E-state index in [0.29, 0.717) is 25.9 Å². The Morgan fingerprint density at radius 2 is 1.76 bits per heavy atom. The summed E-state index contributed by atoms with van der Waals surface area (Å²) >= 11 is 0. The van der Waals surface area contributed by atoms with Gasteiger partial charge in [-0.15, -0.1) is 0 Å². The fraction of sp³-hybridized carbons (Fsp3) is 0.692. The Morgan fingerprint density at radius 3 is 2.19 bits per heavy atom. The highest BCUT2D eigenvalue weighted by Gasteiger charge is 2.32. The van der Waals surface area contributed by atoms with Crippen molar-refractivity contribution in [1.82, 2.24) is 10.2 Å². The maximum absolute atomic E-state index is 11.9. The van der Waals surface area contributed by atoms with Gasteiger partial charge in [-0.25, -0.2) is 4.79 Å². The summed E-state index contributed by atoms with van der Waals surface area (Å²) in [6.07, 6.45) is 0.654. The normalized spacial score (nSPS) is 16.4. The molecule has 21 heavy (non-hydrogen) atoms. The van der Waals surface area contributed by atoms with Crippen LogP contribution in [0.2, 0.25) is 0 Å². The molecule has 4 amide bonds. The van der Waals surface area contributed by atoms with Crippen LogP contribution in [0.15, 0.2) is 0 Å². The number of piperidine rings is 1. The maximum atomic E-state index is 11.9. The van der Waals surface area contributed by atoms with E-state index in [1.807, 2.05) is 0 Å². The molecular formula is C13H21N3O5. The molecule has 1 aliphatic heterocycles. The van der Waals surface area contributed by atoms with Gasteiger partial charge in [0, 0.05) is 25.4 Å². The highest BCUT2D eigenvalue weighted by atomic mass is 16.4. The molecular weight excluding hydrogens is 278 g/mol. The molecule has 1 aliphatic rings. The van der Waals surface area contributed by atoms with Crippen LogP contribution in [0.4, 0.5) is 4.79 Å². The number of hydrogen-bond acceptors (Lipinski definition) is 4. The predicted molar refractivity (Wildman–Crippen MR) is 73.1 cm³/mol. The van der Waals surface area contributed by atoms with E-state index in [1.54, 1.807) is 0 Å². The second-order valence-corrected chi connectivity index (χ2v) is 5.88. The maximum Gasteiger partial charge on any atom is 0.324 e. The van der Waals surface area contributed by atoms with Crippen molar-refractivity contribution in [3.63, 3.8) is 0 Å². The van der Waals surface area contributed by atoms with Gasteiger partial charge in [0.1, 0.15) is 0 Å². The zero-order valence-electron chi connectivity index (χ0n) is 12.2. The third-order valence-corrected chi connectivity index (χ3v) is 3.61. The van der Waals surface area contributed by atoms with E-state index < -0.39 is 23.3 Å². The van der Waals surface area contributed by atoms with Crippen LogP contribution in [-0.2, 0) is 14.4 Å². The third-order valence-electron chi connectivity index (χ3n) is 3.61. The fourth-order valence-corrected chi connectivity index (χ4v) is 2.09. The van der Waals surface area contributed by atoms with Gasteiger partial charge in [-0.2, -0.15) is 0 Å². The van der Waals surface area contributed by atoms with Gasteiger partial charge in [0.15, 0.2) is 0 Å². The van der Waals surface area contributed by atoms with Crippen molar-refractivity contribution < 1.29 is 24.3 Å². The number of nitrogens with two attached hydrogens (primary N) is 1. The van der Waals surface area contributed by atoms with Crippen LogP contribution in [0, 0.1) is 11.3 Å². The van der Waals surface area contributed by atoms with Crippen LogP contribution in [0.1, 0.15) is 33.1 Å². The number of amides is 4. The SMILES string of the molecule is CC(C)(CC(=O)NC(=O)N1CCC(C(N)=O)CC1)C(=O)O. The average Bonchev–Trinajstić information content (AvgIpc) is 2.37. The summed E-state index contributed by atoms with van der Waals surface area (Å²) in [5, 5.41) is 11.1. The number of aliphatic carboxylic acids is 1. The van der Waals surface area contributed by atoms with E-state index >= 15 is 0 Å². The molecule has 0 spiro atoms. The van der Waals surface area contributed by atoms with Crippen LogP contribution in [0.25, 0.3) is 0 Å². The molecule has 0 bridgehead atoms. The summed E-state index contributed by atoms with van der Waals surface area (Å²) in [6, 6.07) is -0.566. The molecule has 1 fully saturated rings. The molecule has 0 aromatic rings. The van der Waals surface area contributed by atoms with Crippen LogP contribution >= 0.6 is 0 Å². The zero-order chi connectivity index (χ0) is 16.2. The molecule has 0 radical (unpaired) electrons. The van der Waals surface area contributed by atoms with Gasteiger partial charge < -0.3 is 15.7 Å². The van der Waals surface area contributed by atoms with Crippen LogP contribution in [-0.4, -0.2) is 46.9 Å². The lowest BCUT2D eigenvalue weighted by molar-refractivity contribution is -0.149. The Morgan fingerprint density at radius 1 is 1.24 bits per heavy atom. The molecule has 118 valence electrons. The van der Waals surface area contributed by atoms with Crippen molar-refractivity contribution >= 4 is 23.8 Å². The molecule has 8 nitrogen and oxygen atoms in total. The first-order valence-electron chi connectivity index (χ1n) is 6.75. The first-order chi connectivity index (χ1) is 9.63. The molecule has 8 heteroatoms. The monoisotopic (exact) mass is 299 g/mol. The van der Waals surface area contributed by atoms with Gasteiger partial charge in [0.05, 0.1) is 5.41 Å². The first-order valence-corrected chi connectivity index (χ1v) is 6.75. The van der Waals surface area contributed by atoms with Crippen molar-refractivity contribution in [3.8, 4) is 0 Å². The van der Waals surface area contributed by atoms with E-state index in [-0.39, 0.29) is 18.2 Å². The number of carboxylic acid groups (broad SMARTS) is 1. The highest BCUT2D eigenvalue weighted by molar-refractivity contribution is 5.96. The van der Waals surface area contributed by atoms with Gasteiger partial charge in [0.25, 0.3) is 0 Å². The summed E-state index contributed by atoms with van der Waals surface area (Å²) in [5.74, 6) is -2.36. The summed E-state index contributed by atoms with van der Waals surface area (Å²) in [7, 11) is 0. The summed E-state index contributed by atoms with van der Waals surface area (Å²) in [6.45, 7) is 3.51. The van der Waals surface area contributed by atoms with Crippen molar-refractivity contribution in [2.24, 2.45) is 17.1 Å². The number of rotatable bonds is 4. The second kappa shape index (κ2) is 6.55. The Bertz CT molecular complexity index is 453. The second-order valence-electron chi connectivity index (χ2n) is 5.88. The van der Waals surface area contributed by atoms with Crippen molar-refractivity contribution in [2.45, 2.75) is 33.1 Å². The van der Waals surface area contributed by atoms with Crippen LogP contribution in [0.3, 0.4) is 0 Å². The van der Waals surface area contributed by atoms with E-state index in [0.717, 1.165) is 0 Å². The van der Waals surface area contributed by atoms with Crippen molar-refractivity contribution in [3.05, 3.63) is 0 Å². The van der Waals surface area contributed by atoms with Crippen molar-refractivity contribution in [2.75, 3.05) is 13.1 Å². The number of carbonyl (C=O) groups is 4. The van der Waals surface area contributed by atoms with Crippen LogP contribution < -0.4 is 11.1 Å². The number of nitrogens with zero attached hydrogens (tertiary/aromatic N) is 1. The third kappa shape index (κ3) is 4.73. The molecule has 0 aliphatic carbocycles. The number of urea groups is 1. The van der Waals surface area contributed by atoms with Gasteiger partial charge in [-0.1, -0.05) is 0 Å². The molecule has 4 N–H and O–H groups in total. The standard InChI is InChI=1S/C13H21N3O5/c1-13(2,11(19)20)7-9(17)15-12(21)16-5-3-8(4-6-16)10(14)18/h8H,3-7H2,1-2H3,(H2,14,18)(H,19,20)(H,15,17,21). The molecule has 0 aromatic heterocycles. The van der Waals surface area contributed by atoms with Gasteiger partial charge in [-0.3, -0.25) is 19.7 Å². The predicted octanol–water partition coefficient (Wildman–Crippen LogP) is -0.0792.